The van der Waals surface area contributed by atoms with Gasteiger partial charge in [0, 0.05) is 5.38 Å². The summed E-state index contributed by atoms with van der Waals surface area (Å²) < 4.78 is 32.8. The minimum Gasteiger partial charge on any atom is -0.485 e. The van der Waals surface area contributed by atoms with Crippen molar-refractivity contribution in [2.75, 3.05) is 10.5 Å². The molecule has 3 rings (SSSR count). The van der Waals surface area contributed by atoms with Gasteiger partial charge in [-0.25, -0.2) is 13.4 Å². The van der Waals surface area contributed by atoms with E-state index in [9.17, 15) is 8.42 Å². The van der Waals surface area contributed by atoms with E-state index in [4.69, 9.17) is 4.74 Å². The summed E-state index contributed by atoms with van der Waals surface area (Å²) in [5.41, 5.74) is 3.06. The maximum Gasteiger partial charge on any atom is 0.233 e. The Balaban J connectivity index is 1.67. The van der Waals surface area contributed by atoms with E-state index >= 15 is 0 Å². The van der Waals surface area contributed by atoms with Crippen LogP contribution in [0.5, 0.6) is 5.75 Å². The molecule has 7 heteroatoms. The fraction of sp³-hybridized carbons (Fsp3) is 0.400. The number of sulfonamides is 1. The predicted molar refractivity (Wildman–Crippen MR) is 87.6 cm³/mol. The molecule has 0 spiro atoms. The number of rotatable bonds is 7. The average Bonchev–Trinajstić information content (AvgIpc) is 2.95. The quantitative estimate of drug-likeness (QED) is 0.841. The van der Waals surface area contributed by atoms with Gasteiger partial charge in [0.1, 0.15) is 12.4 Å². The van der Waals surface area contributed by atoms with E-state index in [0.29, 0.717) is 24.0 Å². The van der Waals surface area contributed by atoms with E-state index in [0.717, 1.165) is 25.0 Å². The summed E-state index contributed by atoms with van der Waals surface area (Å²) in [6.45, 7) is 0.324. The molecule has 0 amide bonds. The summed E-state index contributed by atoms with van der Waals surface area (Å²) in [4.78, 5) is 4.15. The first kappa shape index (κ1) is 15.3. The van der Waals surface area contributed by atoms with Crippen LogP contribution in [0.4, 0.5) is 5.69 Å². The molecule has 2 aromatic rings. The van der Waals surface area contributed by atoms with E-state index in [1.807, 2.05) is 11.4 Å². The molecule has 22 heavy (non-hydrogen) atoms. The highest BCUT2D eigenvalue weighted by Gasteiger charge is 2.25. The Hall–Kier alpha value is -1.60. The molecule has 1 heterocycles. The largest absolute Gasteiger partial charge is 0.485 e. The molecule has 0 atom stereocenters. The second-order valence-electron chi connectivity index (χ2n) is 5.45. The van der Waals surface area contributed by atoms with Gasteiger partial charge in [-0.05, 0) is 30.9 Å². The molecule has 118 valence electrons. The topological polar surface area (TPSA) is 68.3 Å². The van der Waals surface area contributed by atoms with Crippen LogP contribution < -0.4 is 9.46 Å². The number of thiazole rings is 1. The summed E-state index contributed by atoms with van der Waals surface area (Å²) in [6, 6.07) is 7.08. The van der Waals surface area contributed by atoms with Crippen molar-refractivity contribution in [1.82, 2.24) is 4.98 Å². The van der Waals surface area contributed by atoms with Crippen LogP contribution >= 0.6 is 11.3 Å². The van der Waals surface area contributed by atoms with Crippen molar-refractivity contribution in [3.05, 3.63) is 40.8 Å². The summed E-state index contributed by atoms with van der Waals surface area (Å²) in [5, 5.41) is 1.91. The van der Waals surface area contributed by atoms with Crippen LogP contribution in [0.3, 0.4) is 0 Å². The van der Waals surface area contributed by atoms with Crippen molar-refractivity contribution >= 4 is 27.0 Å². The van der Waals surface area contributed by atoms with E-state index in [1.54, 1.807) is 23.7 Å². The minimum atomic E-state index is -3.33. The van der Waals surface area contributed by atoms with Gasteiger partial charge in [0.2, 0.25) is 10.0 Å². The third-order valence-corrected chi connectivity index (χ3v) is 5.77. The summed E-state index contributed by atoms with van der Waals surface area (Å²) in [5.74, 6) is 1.00. The zero-order valence-corrected chi connectivity index (χ0v) is 13.7. The average molecular weight is 338 g/mol. The molecule has 5 nitrogen and oxygen atoms in total. The number of hydrogen-bond acceptors (Lipinski definition) is 5. The van der Waals surface area contributed by atoms with Gasteiger partial charge in [0.05, 0.1) is 22.6 Å². The van der Waals surface area contributed by atoms with Crippen molar-refractivity contribution in [2.45, 2.75) is 25.9 Å². The summed E-state index contributed by atoms with van der Waals surface area (Å²) in [7, 11) is -3.33. The Labute approximate surface area is 134 Å². The third kappa shape index (κ3) is 3.98. The number of nitrogens with one attached hydrogen (secondary N) is 1. The Morgan fingerprint density at radius 3 is 2.82 bits per heavy atom. The van der Waals surface area contributed by atoms with Gasteiger partial charge in [-0.3, -0.25) is 4.72 Å². The normalized spacial score (nSPS) is 15.3. The zero-order valence-electron chi connectivity index (χ0n) is 12.1. The summed E-state index contributed by atoms with van der Waals surface area (Å²) in [6.07, 6.45) is 3.14. The van der Waals surface area contributed by atoms with Crippen molar-refractivity contribution in [1.29, 1.82) is 0 Å². The molecule has 1 saturated carbocycles. The molecule has 1 aliphatic carbocycles. The van der Waals surface area contributed by atoms with E-state index in [1.165, 1.54) is 11.3 Å². The molecule has 0 saturated heterocycles. The lowest BCUT2D eigenvalue weighted by atomic mass is 9.87. The van der Waals surface area contributed by atoms with Crippen LogP contribution in [0, 0.1) is 5.92 Å². The van der Waals surface area contributed by atoms with Gasteiger partial charge in [-0.1, -0.05) is 18.6 Å². The lowest BCUT2D eigenvalue weighted by Crippen LogP contribution is -2.26. The van der Waals surface area contributed by atoms with Crippen molar-refractivity contribution in [3.8, 4) is 5.75 Å². The third-order valence-electron chi connectivity index (χ3n) is 3.69. The molecule has 1 aliphatic rings. The number of nitrogens with zero attached hydrogens (tertiary/aromatic N) is 1. The van der Waals surface area contributed by atoms with Crippen molar-refractivity contribution in [2.24, 2.45) is 5.92 Å². The maximum absolute atomic E-state index is 12.2. The second kappa shape index (κ2) is 6.66. The number of benzene rings is 1. The molecule has 0 bridgehead atoms. The standard InChI is InChI=1S/C15H18N2O3S2/c18-22(19,10-12-4-3-5-12)17-14-6-1-2-7-15(14)20-8-13-9-21-11-16-13/h1-2,6-7,9,11-12,17H,3-5,8,10H2. The van der Waals surface area contributed by atoms with Gasteiger partial charge in [0.15, 0.2) is 0 Å². The fourth-order valence-electron chi connectivity index (χ4n) is 2.32. The lowest BCUT2D eigenvalue weighted by Gasteiger charge is -2.25. The number of anilines is 1. The maximum atomic E-state index is 12.2. The summed E-state index contributed by atoms with van der Waals surface area (Å²) >= 11 is 1.50. The van der Waals surface area contributed by atoms with Gasteiger partial charge < -0.3 is 4.74 Å². The molecule has 1 N–H and O–H groups in total. The molecular formula is C15H18N2O3S2. The molecule has 1 aromatic carbocycles. The molecule has 0 radical (unpaired) electrons. The number of aromatic nitrogens is 1. The van der Waals surface area contributed by atoms with Crippen LogP contribution in [-0.2, 0) is 16.6 Å². The van der Waals surface area contributed by atoms with Crippen LogP contribution in [0.1, 0.15) is 25.0 Å². The van der Waals surface area contributed by atoms with E-state index < -0.39 is 10.0 Å². The van der Waals surface area contributed by atoms with Gasteiger partial charge in [0.25, 0.3) is 0 Å². The van der Waals surface area contributed by atoms with Crippen LogP contribution in [0.25, 0.3) is 0 Å². The van der Waals surface area contributed by atoms with Gasteiger partial charge in [-0.15, -0.1) is 11.3 Å². The fourth-order valence-corrected chi connectivity index (χ4v) is 4.40. The molecule has 0 unspecified atom stereocenters. The van der Waals surface area contributed by atoms with Crippen molar-refractivity contribution in [3.63, 3.8) is 0 Å². The predicted octanol–water partition coefficient (Wildman–Crippen LogP) is 3.26. The number of ether oxygens (including phenoxy) is 1. The Kier molecular flexibility index (Phi) is 4.63. The highest BCUT2D eigenvalue weighted by atomic mass is 32.2. The highest BCUT2D eigenvalue weighted by Crippen LogP contribution is 2.30. The number of hydrogen-bond donors (Lipinski definition) is 1. The molecular weight excluding hydrogens is 320 g/mol. The van der Waals surface area contributed by atoms with E-state index in [2.05, 4.69) is 9.71 Å². The molecule has 1 fully saturated rings. The van der Waals surface area contributed by atoms with Gasteiger partial charge >= 0.3 is 0 Å². The molecule has 0 aliphatic heterocycles. The zero-order chi connectivity index (χ0) is 15.4. The van der Waals surface area contributed by atoms with Crippen molar-refractivity contribution < 1.29 is 13.2 Å². The first-order chi connectivity index (χ1) is 10.6. The SMILES string of the molecule is O=S(=O)(CC1CCC1)Nc1ccccc1OCc1cscn1. The molecule has 1 aromatic heterocycles. The smallest absolute Gasteiger partial charge is 0.233 e. The Morgan fingerprint density at radius 2 is 2.14 bits per heavy atom. The first-order valence-electron chi connectivity index (χ1n) is 7.22. The second-order valence-corrected chi connectivity index (χ2v) is 7.93. The highest BCUT2D eigenvalue weighted by molar-refractivity contribution is 7.92. The van der Waals surface area contributed by atoms with Crippen LogP contribution in [-0.4, -0.2) is 19.2 Å². The monoisotopic (exact) mass is 338 g/mol. The van der Waals surface area contributed by atoms with E-state index in [-0.39, 0.29) is 5.75 Å². The first-order valence-corrected chi connectivity index (χ1v) is 9.81. The Bertz CT molecular complexity index is 710. The minimum absolute atomic E-state index is 0.188. The number of para-hydroxylation sites is 2. The van der Waals surface area contributed by atoms with Gasteiger partial charge in [-0.2, -0.15) is 0 Å². The van der Waals surface area contributed by atoms with Crippen LogP contribution in [0.2, 0.25) is 0 Å². The van der Waals surface area contributed by atoms with Crippen LogP contribution in [0.15, 0.2) is 35.2 Å². The lowest BCUT2D eigenvalue weighted by molar-refractivity contribution is 0.304. The Morgan fingerprint density at radius 1 is 1.32 bits per heavy atom.